The molecule has 1 fully saturated rings. The van der Waals surface area contributed by atoms with Crippen molar-refractivity contribution in [1.82, 2.24) is 15.1 Å². The van der Waals surface area contributed by atoms with E-state index in [-0.39, 0.29) is 11.8 Å². The largest absolute Gasteiger partial charge is 0.355 e. The summed E-state index contributed by atoms with van der Waals surface area (Å²) in [6.45, 7) is 7.03. The first-order valence-electron chi connectivity index (χ1n) is 10.6. The fourth-order valence-corrected chi connectivity index (χ4v) is 3.89. The SMILES string of the molecule is C=C(Nc1cc(-c2cccc(CCC)c2)n(-c2ccccc2)n1)C1CCC(=O)NC1. The second-order valence-electron chi connectivity index (χ2n) is 7.80. The van der Waals surface area contributed by atoms with E-state index >= 15 is 0 Å². The number of nitrogens with one attached hydrogen (secondary N) is 2. The van der Waals surface area contributed by atoms with Crippen LogP contribution in [0.2, 0.25) is 0 Å². The molecule has 2 N–H and O–H groups in total. The highest BCUT2D eigenvalue weighted by Gasteiger charge is 2.21. The van der Waals surface area contributed by atoms with Crippen LogP contribution in [0.5, 0.6) is 0 Å². The lowest BCUT2D eigenvalue weighted by Gasteiger charge is -2.24. The first-order chi connectivity index (χ1) is 14.6. The zero-order valence-corrected chi connectivity index (χ0v) is 17.4. The molecule has 1 saturated heterocycles. The number of nitrogens with zero attached hydrogens (tertiary/aromatic N) is 2. The van der Waals surface area contributed by atoms with Gasteiger partial charge in [-0.2, -0.15) is 0 Å². The first-order valence-corrected chi connectivity index (χ1v) is 10.6. The van der Waals surface area contributed by atoms with Crippen LogP contribution in [0, 0.1) is 5.92 Å². The molecule has 0 radical (unpaired) electrons. The zero-order chi connectivity index (χ0) is 20.9. The molecule has 0 saturated carbocycles. The molecule has 2 heterocycles. The van der Waals surface area contributed by atoms with Gasteiger partial charge < -0.3 is 10.6 Å². The number of aromatic nitrogens is 2. The number of anilines is 1. The Balaban J connectivity index is 1.65. The summed E-state index contributed by atoms with van der Waals surface area (Å²) in [7, 11) is 0. The number of carbonyl (C=O) groups is 1. The van der Waals surface area contributed by atoms with Gasteiger partial charge in [0, 0.05) is 36.2 Å². The molecule has 1 aliphatic rings. The van der Waals surface area contributed by atoms with Gasteiger partial charge in [-0.1, -0.05) is 56.3 Å². The van der Waals surface area contributed by atoms with Crippen LogP contribution in [0.15, 0.2) is 72.9 Å². The van der Waals surface area contributed by atoms with Gasteiger partial charge in [0.1, 0.15) is 0 Å². The molecule has 2 aromatic carbocycles. The monoisotopic (exact) mass is 400 g/mol. The molecule has 1 aliphatic heterocycles. The lowest BCUT2D eigenvalue weighted by molar-refractivity contribution is -0.122. The summed E-state index contributed by atoms with van der Waals surface area (Å²) in [4.78, 5) is 11.4. The summed E-state index contributed by atoms with van der Waals surface area (Å²) in [5.41, 5.74) is 5.40. The van der Waals surface area contributed by atoms with Crippen molar-refractivity contribution in [1.29, 1.82) is 0 Å². The van der Waals surface area contributed by atoms with Gasteiger partial charge in [-0.3, -0.25) is 4.79 Å². The second-order valence-corrected chi connectivity index (χ2v) is 7.80. The summed E-state index contributed by atoms with van der Waals surface area (Å²) in [5.74, 6) is 1.08. The molecule has 5 heteroatoms. The third-order valence-electron chi connectivity index (χ3n) is 5.52. The molecular weight excluding hydrogens is 372 g/mol. The lowest BCUT2D eigenvalue weighted by atomic mass is 9.96. The van der Waals surface area contributed by atoms with Crippen molar-refractivity contribution < 1.29 is 4.79 Å². The Labute approximate surface area is 177 Å². The Hall–Kier alpha value is -3.34. The first kappa shape index (κ1) is 20.0. The minimum Gasteiger partial charge on any atom is -0.355 e. The average Bonchev–Trinajstić information content (AvgIpc) is 3.19. The maximum absolute atomic E-state index is 11.4. The minimum absolute atomic E-state index is 0.113. The predicted octanol–water partition coefficient (Wildman–Crippen LogP) is 4.94. The molecule has 1 unspecified atom stereocenters. The number of hydrogen-bond acceptors (Lipinski definition) is 3. The number of para-hydroxylation sites is 1. The number of aryl methyl sites for hydroxylation is 1. The summed E-state index contributed by atoms with van der Waals surface area (Å²) < 4.78 is 1.98. The molecule has 30 heavy (non-hydrogen) atoms. The van der Waals surface area contributed by atoms with E-state index in [1.54, 1.807) is 0 Å². The van der Waals surface area contributed by atoms with E-state index in [9.17, 15) is 4.79 Å². The van der Waals surface area contributed by atoms with Gasteiger partial charge in [-0.15, -0.1) is 5.10 Å². The van der Waals surface area contributed by atoms with Crippen LogP contribution in [-0.4, -0.2) is 22.2 Å². The Morgan fingerprint density at radius 3 is 2.77 bits per heavy atom. The molecule has 0 bridgehead atoms. The third kappa shape index (κ3) is 4.46. The highest BCUT2D eigenvalue weighted by atomic mass is 16.1. The van der Waals surface area contributed by atoms with Crippen LogP contribution in [0.3, 0.4) is 0 Å². The fraction of sp³-hybridized carbons (Fsp3) is 0.280. The molecule has 0 spiro atoms. The number of rotatable bonds is 7. The zero-order valence-electron chi connectivity index (χ0n) is 17.4. The van der Waals surface area contributed by atoms with Crippen molar-refractivity contribution in [3.8, 4) is 16.9 Å². The average molecular weight is 401 g/mol. The standard InChI is InChI=1S/C25H28N4O/c1-3-8-19-9-7-10-20(15-19)23-16-24(28-29(23)22-11-5-4-6-12-22)27-18(2)21-13-14-25(30)26-17-21/h4-7,9-12,15-16,21H,2-3,8,13-14,17H2,1H3,(H,26,30)(H,27,28). The minimum atomic E-state index is 0.113. The van der Waals surface area contributed by atoms with Gasteiger partial charge >= 0.3 is 0 Å². The number of piperidine rings is 1. The molecule has 154 valence electrons. The maximum atomic E-state index is 11.4. The molecule has 1 atom stereocenters. The molecular formula is C25H28N4O. The maximum Gasteiger partial charge on any atom is 0.220 e. The summed E-state index contributed by atoms with van der Waals surface area (Å²) >= 11 is 0. The normalized spacial score (nSPS) is 16.2. The Morgan fingerprint density at radius 2 is 2.03 bits per heavy atom. The lowest BCUT2D eigenvalue weighted by Crippen LogP contribution is -2.36. The van der Waals surface area contributed by atoms with Gasteiger partial charge in [0.25, 0.3) is 0 Å². The predicted molar refractivity (Wildman–Crippen MR) is 121 cm³/mol. The molecule has 4 rings (SSSR count). The molecule has 1 amide bonds. The van der Waals surface area contributed by atoms with Crippen molar-refractivity contribution in [3.63, 3.8) is 0 Å². The van der Waals surface area contributed by atoms with Crippen molar-refractivity contribution in [2.24, 2.45) is 5.92 Å². The van der Waals surface area contributed by atoms with Crippen LogP contribution in [0.25, 0.3) is 16.9 Å². The van der Waals surface area contributed by atoms with Crippen LogP contribution in [0.4, 0.5) is 5.82 Å². The fourth-order valence-electron chi connectivity index (χ4n) is 3.89. The van der Waals surface area contributed by atoms with Crippen molar-refractivity contribution in [2.45, 2.75) is 32.6 Å². The number of benzene rings is 2. The quantitative estimate of drug-likeness (QED) is 0.590. The number of carbonyl (C=O) groups excluding carboxylic acids is 1. The van der Waals surface area contributed by atoms with E-state index in [4.69, 9.17) is 5.10 Å². The van der Waals surface area contributed by atoms with Gasteiger partial charge in [0.05, 0.1) is 11.4 Å². The van der Waals surface area contributed by atoms with E-state index in [1.807, 2.05) is 22.9 Å². The molecule has 0 aliphatic carbocycles. The van der Waals surface area contributed by atoms with E-state index in [0.717, 1.165) is 47.7 Å². The second kappa shape index (κ2) is 8.99. The van der Waals surface area contributed by atoms with Crippen LogP contribution in [-0.2, 0) is 11.2 Å². The Morgan fingerprint density at radius 1 is 1.20 bits per heavy atom. The third-order valence-corrected chi connectivity index (χ3v) is 5.52. The highest BCUT2D eigenvalue weighted by molar-refractivity contribution is 5.76. The van der Waals surface area contributed by atoms with Crippen LogP contribution >= 0.6 is 0 Å². The summed E-state index contributed by atoms with van der Waals surface area (Å²) in [5, 5.41) is 11.1. The van der Waals surface area contributed by atoms with E-state index in [0.29, 0.717) is 13.0 Å². The van der Waals surface area contributed by atoms with E-state index in [2.05, 4.69) is 66.6 Å². The van der Waals surface area contributed by atoms with E-state index < -0.39 is 0 Å². The van der Waals surface area contributed by atoms with Crippen molar-refractivity contribution in [3.05, 3.63) is 78.5 Å². The van der Waals surface area contributed by atoms with Gasteiger partial charge in [0.15, 0.2) is 5.82 Å². The number of amides is 1. The Bertz CT molecular complexity index is 1030. The summed E-state index contributed by atoms with van der Waals surface area (Å²) in [6, 6.07) is 20.9. The molecule has 3 aromatic rings. The highest BCUT2D eigenvalue weighted by Crippen LogP contribution is 2.29. The van der Waals surface area contributed by atoms with Gasteiger partial charge in [0.2, 0.25) is 5.91 Å². The van der Waals surface area contributed by atoms with Gasteiger partial charge in [-0.05, 0) is 36.6 Å². The van der Waals surface area contributed by atoms with Crippen LogP contribution in [0.1, 0.15) is 31.7 Å². The number of hydrogen-bond donors (Lipinski definition) is 2. The van der Waals surface area contributed by atoms with Gasteiger partial charge in [-0.25, -0.2) is 4.68 Å². The van der Waals surface area contributed by atoms with Crippen LogP contribution < -0.4 is 10.6 Å². The van der Waals surface area contributed by atoms with E-state index in [1.165, 1.54) is 5.56 Å². The Kier molecular flexibility index (Phi) is 5.98. The molecule has 1 aromatic heterocycles. The topological polar surface area (TPSA) is 59.0 Å². The smallest absolute Gasteiger partial charge is 0.220 e. The van der Waals surface area contributed by atoms with Crippen molar-refractivity contribution >= 4 is 11.7 Å². The molecule has 5 nitrogen and oxygen atoms in total. The summed E-state index contributed by atoms with van der Waals surface area (Å²) in [6.07, 6.45) is 3.52. The van der Waals surface area contributed by atoms with Crippen molar-refractivity contribution in [2.75, 3.05) is 11.9 Å².